The number of rotatable bonds is 3. The quantitative estimate of drug-likeness (QED) is 0.883. The highest BCUT2D eigenvalue weighted by Crippen LogP contribution is 2.49. The van der Waals surface area contributed by atoms with E-state index in [1.54, 1.807) is 21.3 Å². The van der Waals surface area contributed by atoms with E-state index >= 15 is 0 Å². The van der Waals surface area contributed by atoms with Crippen LogP contribution in [0.4, 0.5) is 4.79 Å². The standard InChI is InChI=1S/C20H23N3O3S/c1-2-21-19(24)22-13-12-20(15-22)17-10-6-7-11-18(17)27(25,26)23(20)14-16-8-4-3-5-9-16/h3-11H,2,12-15H2,1H3,(H,21,24)/t20-/m0/s1. The molecular formula is C20H23N3O3S. The van der Waals surface area contributed by atoms with Gasteiger partial charge in [-0.15, -0.1) is 0 Å². The van der Waals surface area contributed by atoms with Crippen molar-refractivity contribution in [1.29, 1.82) is 0 Å². The summed E-state index contributed by atoms with van der Waals surface area (Å²) in [5.41, 5.74) is 1.02. The van der Waals surface area contributed by atoms with Crippen molar-refractivity contribution in [3.05, 3.63) is 65.7 Å². The van der Waals surface area contributed by atoms with Crippen molar-refractivity contribution in [3.63, 3.8) is 0 Å². The summed E-state index contributed by atoms with van der Waals surface area (Å²) in [6.45, 7) is 3.61. The zero-order chi connectivity index (χ0) is 19.1. The first-order valence-electron chi connectivity index (χ1n) is 9.18. The largest absolute Gasteiger partial charge is 0.338 e. The molecule has 2 heterocycles. The first-order chi connectivity index (χ1) is 13.0. The molecule has 0 aromatic heterocycles. The fourth-order valence-corrected chi connectivity index (χ4v) is 6.25. The first kappa shape index (κ1) is 18.0. The monoisotopic (exact) mass is 385 g/mol. The molecule has 142 valence electrons. The summed E-state index contributed by atoms with van der Waals surface area (Å²) in [5, 5.41) is 2.82. The summed E-state index contributed by atoms with van der Waals surface area (Å²) in [6, 6.07) is 16.6. The van der Waals surface area contributed by atoms with Crippen LogP contribution in [0.1, 0.15) is 24.5 Å². The van der Waals surface area contributed by atoms with Crippen molar-refractivity contribution in [3.8, 4) is 0 Å². The summed E-state index contributed by atoms with van der Waals surface area (Å²) in [6.07, 6.45) is 0.590. The second kappa shape index (κ2) is 6.65. The molecule has 0 unspecified atom stereocenters. The van der Waals surface area contributed by atoms with E-state index < -0.39 is 15.6 Å². The number of sulfonamides is 1. The first-order valence-corrected chi connectivity index (χ1v) is 10.6. The number of hydrogen-bond donors (Lipinski definition) is 1. The van der Waals surface area contributed by atoms with Gasteiger partial charge in [0.05, 0.1) is 10.4 Å². The number of benzene rings is 2. The van der Waals surface area contributed by atoms with Gasteiger partial charge in [0.15, 0.2) is 0 Å². The molecule has 2 aromatic carbocycles. The molecule has 0 bridgehead atoms. The highest BCUT2D eigenvalue weighted by molar-refractivity contribution is 7.89. The lowest BCUT2D eigenvalue weighted by Gasteiger charge is -2.34. The topological polar surface area (TPSA) is 69.7 Å². The molecule has 27 heavy (non-hydrogen) atoms. The van der Waals surface area contributed by atoms with Crippen LogP contribution in [0.5, 0.6) is 0 Å². The zero-order valence-electron chi connectivity index (χ0n) is 15.3. The Hall–Kier alpha value is -2.38. The van der Waals surface area contributed by atoms with Crippen LogP contribution in [0.3, 0.4) is 0 Å². The van der Waals surface area contributed by atoms with Gasteiger partial charge in [-0.3, -0.25) is 0 Å². The van der Waals surface area contributed by atoms with E-state index in [0.29, 0.717) is 37.5 Å². The molecule has 1 atom stereocenters. The summed E-state index contributed by atoms with van der Waals surface area (Å²) >= 11 is 0. The number of fused-ring (bicyclic) bond motifs is 2. The number of likely N-dealkylation sites (tertiary alicyclic amines) is 1. The van der Waals surface area contributed by atoms with E-state index in [1.807, 2.05) is 49.4 Å². The van der Waals surface area contributed by atoms with Crippen LogP contribution in [0.2, 0.25) is 0 Å². The number of carbonyl (C=O) groups excluding carboxylic acids is 1. The molecule has 1 fully saturated rings. The van der Waals surface area contributed by atoms with E-state index in [4.69, 9.17) is 0 Å². The van der Waals surface area contributed by atoms with Crippen LogP contribution in [0, 0.1) is 0 Å². The van der Waals surface area contributed by atoms with Gasteiger partial charge in [0.2, 0.25) is 10.0 Å². The molecule has 2 aliphatic heterocycles. The Morgan fingerprint density at radius 2 is 1.81 bits per heavy atom. The van der Waals surface area contributed by atoms with Crippen molar-refractivity contribution < 1.29 is 13.2 Å². The van der Waals surface area contributed by atoms with Crippen LogP contribution < -0.4 is 5.32 Å². The van der Waals surface area contributed by atoms with Gasteiger partial charge in [-0.25, -0.2) is 13.2 Å². The maximum Gasteiger partial charge on any atom is 0.317 e. The molecule has 2 amide bonds. The summed E-state index contributed by atoms with van der Waals surface area (Å²) in [7, 11) is -3.62. The average molecular weight is 385 g/mol. The van der Waals surface area contributed by atoms with Crippen LogP contribution >= 0.6 is 0 Å². The van der Waals surface area contributed by atoms with Gasteiger partial charge in [0.25, 0.3) is 0 Å². The van der Waals surface area contributed by atoms with Gasteiger partial charge in [0.1, 0.15) is 0 Å². The molecule has 4 rings (SSSR count). The Morgan fingerprint density at radius 1 is 1.11 bits per heavy atom. The van der Waals surface area contributed by atoms with Crippen LogP contribution in [-0.4, -0.2) is 43.3 Å². The smallest absolute Gasteiger partial charge is 0.317 e. The summed E-state index contributed by atoms with van der Waals surface area (Å²) in [4.78, 5) is 14.5. The van der Waals surface area contributed by atoms with Gasteiger partial charge in [-0.2, -0.15) is 4.31 Å². The minimum atomic E-state index is -3.62. The Labute approximate surface area is 159 Å². The SMILES string of the molecule is CCNC(=O)N1CC[C@]2(C1)c1ccccc1S(=O)(=O)N2Cc1ccccc1. The molecule has 1 saturated heterocycles. The second-order valence-electron chi connectivity index (χ2n) is 7.03. The molecular weight excluding hydrogens is 362 g/mol. The van der Waals surface area contributed by atoms with Crippen molar-refractivity contribution in [1.82, 2.24) is 14.5 Å². The van der Waals surface area contributed by atoms with Crippen LogP contribution in [0.15, 0.2) is 59.5 Å². The summed E-state index contributed by atoms with van der Waals surface area (Å²) in [5.74, 6) is 0. The molecule has 0 saturated carbocycles. The Kier molecular flexibility index (Phi) is 4.44. The van der Waals surface area contributed by atoms with Crippen LogP contribution in [0.25, 0.3) is 0 Å². The molecule has 1 spiro atoms. The third-order valence-electron chi connectivity index (χ3n) is 5.47. The van der Waals surface area contributed by atoms with Gasteiger partial charge in [-0.05, 0) is 30.5 Å². The number of urea groups is 1. The number of amides is 2. The second-order valence-corrected chi connectivity index (χ2v) is 8.86. The molecule has 2 aromatic rings. The number of nitrogens with zero attached hydrogens (tertiary/aromatic N) is 2. The molecule has 7 heteroatoms. The predicted octanol–water partition coefficient (Wildman–Crippen LogP) is 2.52. The normalized spacial score (nSPS) is 23.5. The zero-order valence-corrected chi connectivity index (χ0v) is 16.1. The van der Waals surface area contributed by atoms with Crippen molar-refractivity contribution in [2.45, 2.75) is 30.3 Å². The van der Waals surface area contributed by atoms with Crippen molar-refractivity contribution >= 4 is 16.1 Å². The van der Waals surface area contributed by atoms with E-state index in [9.17, 15) is 13.2 Å². The fraction of sp³-hybridized carbons (Fsp3) is 0.350. The van der Waals surface area contributed by atoms with Crippen LogP contribution in [-0.2, 0) is 22.1 Å². The van der Waals surface area contributed by atoms with Crippen molar-refractivity contribution in [2.75, 3.05) is 19.6 Å². The third-order valence-corrected chi connectivity index (χ3v) is 7.44. The lowest BCUT2D eigenvalue weighted by molar-refractivity contribution is 0.178. The minimum absolute atomic E-state index is 0.143. The number of nitrogens with one attached hydrogen (secondary N) is 1. The van der Waals surface area contributed by atoms with Gasteiger partial charge in [0, 0.05) is 26.2 Å². The van der Waals surface area contributed by atoms with Crippen molar-refractivity contribution in [2.24, 2.45) is 0 Å². The maximum atomic E-state index is 13.4. The lowest BCUT2D eigenvalue weighted by Crippen LogP contribution is -2.47. The Morgan fingerprint density at radius 3 is 2.56 bits per heavy atom. The molecule has 2 aliphatic rings. The molecule has 6 nitrogen and oxygen atoms in total. The van der Waals surface area contributed by atoms with E-state index in [2.05, 4.69) is 5.32 Å². The third kappa shape index (κ3) is 2.82. The Bertz CT molecular complexity index is 961. The summed E-state index contributed by atoms with van der Waals surface area (Å²) < 4.78 is 28.3. The number of hydrogen-bond acceptors (Lipinski definition) is 3. The van der Waals surface area contributed by atoms with E-state index in [1.165, 1.54) is 0 Å². The predicted molar refractivity (Wildman–Crippen MR) is 103 cm³/mol. The van der Waals surface area contributed by atoms with Gasteiger partial charge >= 0.3 is 6.03 Å². The molecule has 0 aliphatic carbocycles. The minimum Gasteiger partial charge on any atom is -0.338 e. The van der Waals surface area contributed by atoms with Gasteiger partial charge < -0.3 is 10.2 Å². The fourth-order valence-electron chi connectivity index (χ4n) is 4.20. The van der Waals surface area contributed by atoms with E-state index in [-0.39, 0.29) is 6.03 Å². The highest BCUT2D eigenvalue weighted by atomic mass is 32.2. The van der Waals surface area contributed by atoms with E-state index in [0.717, 1.165) is 11.1 Å². The highest BCUT2D eigenvalue weighted by Gasteiger charge is 2.57. The Balaban J connectivity index is 1.78. The molecule has 1 N–H and O–H groups in total. The molecule has 0 radical (unpaired) electrons. The maximum absolute atomic E-state index is 13.4. The average Bonchev–Trinajstić information content (AvgIpc) is 3.19. The number of carbonyl (C=O) groups is 1. The lowest BCUT2D eigenvalue weighted by atomic mass is 9.88. The van der Waals surface area contributed by atoms with Gasteiger partial charge in [-0.1, -0.05) is 48.5 Å².